The molecule has 0 aliphatic rings. The van der Waals surface area contributed by atoms with Gasteiger partial charge in [-0.15, -0.1) is 0 Å². The van der Waals surface area contributed by atoms with Gasteiger partial charge in [0, 0.05) is 22.7 Å². The Labute approximate surface area is 106 Å². The Morgan fingerprint density at radius 1 is 1.50 bits per heavy atom. The molecule has 0 saturated heterocycles. The average Bonchev–Trinajstić information content (AvgIpc) is 2.15. The highest BCUT2D eigenvalue weighted by molar-refractivity contribution is 9.08. The summed E-state index contributed by atoms with van der Waals surface area (Å²) in [5.74, 6) is -1.44. The van der Waals surface area contributed by atoms with Crippen LogP contribution in [0, 0.1) is 0 Å². The molecule has 0 aliphatic carbocycles. The predicted octanol–water partition coefficient (Wildman–Crippen LogP) is 1.00. The van der Waals surface area contributed by atoms with Crippen LogP contribution in [0.1, 0.15) is 15.9 Å². The van der Waals surface area contributed by atoms with E-state index in [2.05, 4.69) is 15.9 Å². The summed E-state index contributed by atoms with van der Waals surface area (Å²) in [7, 11) is -3.44. The van der Waals surface area contributed by atoms with Gasteiger partial charge in [-0.05, 0) is 6.07 Å². The Bertz CT molecular complexity index is 539. The van der Waals surface area contributed by atoms with E-state index in [9.17, 15) is 18.3 Å². The lowest BCUT2D eigenvalue weighted by molar-refractivity contribution is -0.255. The van der Waals surface area contributed by atoms with Crippen LogP contribution in [0.4, 0.5) is 0 Å². The minimum absolute atomic E-state index is 0.0133. The molecule has 4 nitrogen and oxygen atoms in total. The molecule has 88 valence electrons. The monoisotopic (exact) mass is 325 g/mol. The first-order chi connectivity index (χ1) is 7.29. The minimum Gasteiger partial charge on any atom is -0.545 e. The van der Waals surface area contributed by atoms with Gasteiger partial charge in [-0.2, -0.15) is 0 Å². The number of carboxylic acid groups (broad SMARTS) is 1. The number of hydrogen-bond acceptors (Lipinski definition) is 4. The van der Waals surface area contributed by atoms with Crippen molar-refractivity contribution >= 4 is 43.3 Å². The molecule has 0 aliphatic heterocycles. The predicted molar refractivity (Wildman–Crippen MR) is 61.5 cm³/mol. The Morgan fingerprint density at radius 3 is 2.44 bits per heavy atom. The number of carboxylic acids is 1. The molecule has 1 aromatic carbocycles. The van der Waals surface area contributed by atoms with Crippen molar-refractivity contribution in [1.82, 2.24) is 0 Å². The van der Waals surface area contributed by atoms with Crippen molar-refractivity contribution in [2.45, 2.75) is 10.2 Å². The number of alkyl halides is 1. The van der Waals surface area contributed by atoms with Crippen molar-refractivity contribution in [3.63, 3.8) is 0 Å². The molecule has 1 rings (SSSR count). The van der Waals surface area contributed by atoms with Gasteiger partial charge < -0.3 is 9.90 Å². The van der Waals surface area contributed by atoms with E-state index in [1.165, 1.54) is 6.07 Å². The highest BCUT2D eigenvalue weighted by Gasteiger charge is 2.18. The fourth-order valence-corrected chi connectivity index (χ4v) is 3.46. The zero-order valence-corrected chi connectivity index (χ0v) is 11.3. The van der Waals surface area contributed by atoms with Crippen LogP contribution >= 0.6 is 27.5 Å². The number of carbonyl (C=O) groups is 1. The van der Waals surface area contributed by atoms with Crippen LogP contribution in [-0.2, 0) is 15.2 Å². The summed E-state index contributed by atoms with van der Waals surface area (Å²) >= 11 is 8.87. The fraction of sp³-hybridized carbons (Fsp3) is 0.222. The first-order valence-corrected chi connectivity index (χ1v) is 7.47. The van der Waals surface area contributed by atoms with Crippen molar-refractivity contribution in [3.8, 4) is 0 Å². The van der Waals surface area contributed by atoms with Crippen LogP contribution in [0.3, 0.4) is 0 Å². The fourth-order valence-electron chi connectivity index (χ4n) is 1.23. The zero-order chi connectivity index (χ0) is 12.5. The Hall–Kier alpha value is -0.590. The molecular weight excluding hydrogens is 320 g/mol. The van der Waals surface area contributed by atoms with Gasteiger partial charge >= 0.3 is 0 Å². The normalized spacial score (nSPS) is 11.4. The quantitative estimate of drug-likeness (QED) is 0.777. The average molecular weight is 327 g/mol. The maximum absolute atomic E-state index is 11.4. The van der Waals surface area contributed by atoms with Crippen molar-refractivity contribution in [3.05, 3.63) is 28.3 Å². The SMILES string of the molecule is CS(=O)(=O)c1ccc(C(=O)[O-])c(Cl)c1CBr. The van der Waals surface area contributed by atoms with Gasteiger partial charge in [0.1, 0.15) is 0 Å². The van der Waals surface area contributed by atoms with Crippen LogP contribution in [0.2, 0.25) is 5.02 Å². The first-order valence-electron chi connectivity index (χ1n) is 4.07. The maximum atomic E-state index is 11.4. The van der Waals surface area contributed by atoms with Gasteiger partial charge in [0.25, 0.3) is 0 Å². The van der Waals surface area contributed by atoms with Gasteiger partial charge in [0.2, 0.25) is 0 Å². The first kappa shape index (κ1) is 13.5. The molecule has 0 heterocycles. The lowest BCUT2D eigenvalue weighted by Crippen LogP contribution is -2.23. The zero-order valence-electron chi connectivity index (χ0n) is 8.16. The van der Waals surface area contributed by atoms with Crippen molar-refractivity contribution < 1.29 is 18.3 Å². The third-order valence-electron chi connectivity index (χ3n) is 1.95. The summed E-state index contributed by atoms with van der Waals surface area (Å²) in [6.45, 7) is 0. The molecule has 0 aromatic heterocycles. The van der Waals surface area contributed by atoms with Crippen molar-refractivity contribution in [2.24, 2.45) is 0 Å². The molecule has 0 bridgehead atoms. The van der Waals surface area contributed by atoms with E-state index < -0.39 is 15.8 Å². The van der Waals surface area contributed by atoms with Gasteiger partial charge in [0.05, 0.1) is 15.9 Å². The van der Waals surface area contributed by atoms with Crippen LogP contribution < -0.4 is 5.11 Å². The summed E-state index contributed by atoms with van der Waals surface area (Å²) in [6, 6.07) is 2.34. The van der Waals surface area contributed by atoms with Gasteiger partial charge in [-0.3, -0.25) is 0 Å². The molecule has 0 saturated carbocycles. The number of carbonyl (C=O) groups excluding carboxylic acids is 1. The molecule has 7 heteroatoms. The van der Waals surface area contributed by atoms with Crippen molar-refractivity contribution in [2.75, 3.05) is 6.26 Å². The van der Waals surface area contributed by atoms with Crippen LogP contribution in [0.5, 0.6) is 0 Å². The molecule has 0 fully saturated rings. The third kappa shape index (κ3) is 2.56. The molecule has 0 atom stereocenters. The maximum Gasteiger partial charge on any atom is 0.175 e. The summed E-state index contributed by atoms with van der Waals surface area (Å²) < 4.78 is 22.8. The van der Waals surface area contributed by atoms with Crippen LogP contribution in [0.15, 0.2) is 17.0 Å². The van der Waals surface area contributed by atoms with E-state index in [-0.39, 0.29) is 26.4 Å². The largest absolute Gasteiger partial charge is 0.545 e. The van der Waals surface area contributed by atoms with E-state index >= 15 is 0 Å². The lowest BCUT2D eigenvalue weighted by Gasteiger charge is -2.12. The Balaban J connectivity index is 3.60. The highest BCUT2D eigenvalue weighted by Crippen LogP contribution is 2.29. The van der Waals surface area contributed by atoms with Crippen molar-refractivity contribution in [1.29, 1.82) is 0 Å². The van der Waals surface area contributed by atoms with Crippen LogP contribution in [0.25, 0.3) is 0 Å². The molecule has 0 spiro atoms. The Morgan fingerprint density at radius 2 is 2.06 bits per heavy atom. The van der Waals surface area contributed by atoms with E-state index in [0.29, 0.717) is 0 Å². The van der Waals surface area contributed by atoms with E-state index in [4.69, 9.17) is 11.6 Å². The highest BCUT2D eigenvalue weighted by atomic mass is 79.9. The number of hydrogen-bond donors (Lipinski definition) is 0. The standard InChI is InChI=1S/C9H8BrClO4S/c1-16(14,15)7-3-2-5(9(12)13)8(11)6(7)4-10/h2-3H,4H2,1H3,(H,12,13)/p-1. The number of sulfone groups is 1. The smallest absolute Gasteiger partial charge is 0.175 e. The van der Waals surface area contributed by atoms with Gasteiger partial charge in [-0.25, -0.2) is 8.42 Å². The summed E-state index contributed by atoms with van der Waals surface area (Å²) in [5, 5.41) is 10.7. The summed E-state index contributed by atoms with van der Waals surface area (Å²) in [5.41, 5.74) is 0.00869. The number of benzene rings is 1. The molecule has 16 heavy (non-hydrogen) atoms. The molecule has 0 amide bonds. The van der Waals surface area contributed by atoms with E-state index in [1.54, 1.807) is 0 Å². The lowest BCUT2D eigenvalue weighted by atomic mass is 10.1. The van der Waals surface area contributed by atoms with E-state index in [1.807, 2.05) is 0 Å². The molecule has 0 N–H and O–H groups in total. The third-order valence-corrected chi connectivity index (χ3v) is 4.13. The van der Waals surface area contributed by atoms with Crippen LogP contribution in [-0.4, -0.2) is 20.6 Å². The molecule has 0 radical (unpaired) electrons. The van der Waals surface area contributed by atoms with Gasteiger partial charge in [0.15, 0.2) is 9.84 Å². The Kier molecular flexibility index (Phi) is 3.98. The second-order valence-corrected chi connectivity index (χ2v) is 6.02. The molecule has 1 aromatic rings. The molecular formula is C9H7BrClO4S-. The second kappa shape index (κ2) is 4.73. The number of rotatable bonds is 3. The topological polar surface area (TPSA) is 74.3 Å². The van der Waals surface area contributed by atoms with E-state index in [0.717, 1.165) is 12.3 Å². The van der Waals surface area contributed by atoms with Gasteiger partial charge in [-0.1, -0.05) is 33.6 Å². The number of halogens is 2. The second-order valence-electron chi connectivity index (χ2n) is 3.10. The minimum atomic E-state index is -3.44. The number of aromatic carboxylic acids is 1. The summed E-state index contributed by atoms with van der Waals surface area (Å²) in [6.07, 6.45) is 1.03. The summed E-state index contributed by atoms with van der Waals surface area (Å²) in [4.78, 5) is 10.7. The molecule has 0 unspecified atom stereocenters.